The Morgan fingerprint density at radius 3 is 2.47 bits per heavy atom. The summed E-state index contributed by atoms with van der Waals surface area (Å²) < 4.78 is 0. The largest absolute Gasteiger partial charge is 0.326 e. The van der Waals surface area contributed by atoms with E-state index in [0.29, 0.717) is 6.42 Å². The number of anilines is 1. The summed E-state index contributed by atoms with van der Waals surface area (Å²) in [4.78, 5) is 14.6. The summed E-state index contributed by atoms with van der Waals surface area (Å²) in [7, 11) is 0. The number of hydrogen-bond donors (Lipinski definition) is 1. The van der Waals surface area contributed by atoms with E-state index in [9.17, 15) is 4.79 Å². The van der Waals surface area contributed by atoms with E-state index in [1.807, 2.05) is 42.5 Å². The van der Waals surface area contributed by atoms with Gasteiger partial charge in [0.05, 0.1) is 5.69 Å². The highest BCUT2D eigenvalue weighted by atomic mass is 16.1. The van der Waals surface area contributed by atoms with Gasteiger partial charge in [-0.25, -0.2) is 4.98 Å². The number of amides is 1. The van der Waals surface area contributed by atoms with Crippen molar-refractivity contribution >= 4 is 11.6 Å². The van der Waals surface area contributed by atoms with Crippen LogP contribution < -0.4 is 10.3 Å². The molecule has 0 fully saturated rings. The predicted octanol–water partition coefficient (Wildman–Crippen LogP) is 2.07. The Kier molecular flexibility index (Phi) is 3.86. The average molecular weight is 227 g/mol. The zero-order valence-corrected chi connectivity index (χ0v) is 9.52. The molecular formula is C14H15N2O+. The Hall–Kier alpha value is -2.16. The van der Waals surface area contributed by atoms with Gasteiger partial charge < -0.3 is 5.32 Å². The summed E-state index contributed by atoms with van der Waals surface area (Å²) in [6.07, 6.45) is 4.84. The van der Waals surface area contributed by atoms with Crippen LogP contribution in [0.1, 0.15) is 12.0 Å². The molecular weight excluding hydrogens is 212 g/mol. The first-order valence-corrected chi connectivity index (χ1v) is 5.64. The second kappa shape index (κ2) is 5.80. The lowest BCUT2D eigenvalue weighted by Crippen LogP contribution is -2.13. The van der Waals surface area contributed by atoms with Crippen LogP contribution in [0.15, 0.2) is 54.9 Å². The number of aromatic amines is 1. The molecule has 1 amide bonds. The van der Waals surface area contributed by atoms with E-state index in [1.165, 1.54) is 5.56 Å². The molecule has 1 heterocycles. The number of hydrogen-bond acceptors (Lipinski definition) is 1. The molecule has 3 nitrogen and oxygen atoms in total. The second-order valence-electron chi connectivity index (χ2n) is 3.82. The smallest absolute Gasteiger partial charge is 0.224 e. The van der Waals surface area contributed by atoms with Crippen LogP contribution in [0.2, 0.25) is 0 Å². The van der Waals surface area contributed by atoms with Crippen molar-refractivity contribution in [2.45, 2.75) is 12.8 Å². The zero-order chi connectivity index (χ0) is 11.9. The number of aromatic nitrogens is 1. The monoisotopic (exact) mass is 227 g/mol. The third kappa shape index (κ3) is 3.72. The summed E-state index contributed by atoms with van der Waals surface area (Å²) in [5.41, 5.74) is 2.01. The van der Waals surface area contributed by atoms with Crippen LogP contribution in [-0.4, -0.2) is 5.91 Å². The summed E-state index contributed by atoms with van der Waals surface area (Å²) in [5, 5.41) is 2.85. The number of rotatable bonds is 4. The van der Waals surface area contributed by atoms with Crippen molar-refractivity contribution in [2.24, 2.45) is 0 Å². The van der Waals surface area contributed by atoms with Crippen molar-refractivity contribution < 1.29 is 9.78 Å². The molecule has 0 atom stereocenters. The van der Waals surface area contributed by atoms with Crippen LogP contribution in [0.3, 0.4) is 0 Å². The first-order valence-electron chi connectivity index (χ1n) is 5.64. The highest BCUT2D eigenvalue weighted by molar-refractivity contribution is 5.90. The Bertz CT molecular complexity index is 468. The molecule has 0 saturated heterocycles. The van der Waals surface area contributed by atoms with Crippen LogP contribution >= 0.6 is 0 Å². The van der Waals surface area contributed by atoms with Gasteiger partial charge in [-0.2, -0.15) is 0 Å². The van der Waals surface area contributed by atoms with E-state index in [-0.39, 0.29) is 5.91 Å². The lowest BCUT2D eigenvalue weighted by Gasteiger charge is -2.03. The van der Waals surface area contributed by atoms with Crippen LogP contribution in [-0.2, 0) is 11.2 Å². The molecule has 2 rings (SSSR count). The minimum Gasteiger partial charge on any atom is -0.326 e. The minimum absolute atomic E-state index is 0.0417. The van der Waals surface area contributed by atoms with E-state index in [0.717, 1.165) is 12.1 Å². The van der Waals surface area contributed by atoms with Crippen LogP contribution in [0, 0.1) is 0 Å². The van der Waals surface area contributed by atoms with E-state index in [1.54, 1.807) is 12.4 Å². The van der Waals surface area contributed by atoms with Crippen molar-refractivity contribution in [3.8, 4) is 0 Å². The number of benzene rings is 1. The molecule has 3 heteroatoms. The molecule has 0 aliphatic heterocycles. The molecule has 1 aromatic carbocycles. The minimum atomic E-state index is 0.0417. The number of carbonyl (C=O) groups excluding carboxylic acids is 1. The molecule has 17 heavy (non-hydrogen) atoms. The number of H-pyrrole nitrogens is 1. The fourth-order valence-electron chi connectivity index (χ4n) is 1.60. The normalized spacial score (nSPS) is 9.88. The van der Waals surface area contributed by atoms with Gasteiger partial charge in [0.2, 0.25) is 5.91 Å². The summed E-state index contributed by atoms with van der Waals surface area (Å²) in [6, 6.07) is 13.7. The molecule has 1 aromatic heterocycles. The van der Waals surface area contributed by atoms with Gasteiger partial charge in [-0.05, 0) is 12.0 Å². The zero-order valence-electron chi connectivity index (χ0n) is 9.52. The van der Waals surface area contributed by atoms with Gasteiger partial charge in [0, 0.05) is 18.6 Å². The Balaban J connectivity index is 1.83. The highest BCUT2D eigenvalue weighted by Crippen LogP contribution is 2.06. The molecule has 0 aliphatic rings. The summed E-state index contributed by atoms with van der Waals surface area (Å²) in [6.45, 7) is 0. The maximum Gasteiger partial charge on any atom is 0.224 e. The lowest BCUT2D eigenvalue weighted by atomic mass is 10.1. The second-order valence-corrected chi connectivity index (χ2v) is 3.82. The van der Waals surface area contributed by atoms with Crippen molar-refractivity contribution in [3.05, 3.63) is 60.4 Å². The average Bonchev–Trinajstić information content (AvgIpc) is 2.39. The third-order valence-corrected chi connectivity index (χ3v) is 2.49. The summed E-state index contributed by atoms with van der Waals surface area (Å²) >= 11 is 0. The molecule has 0 aliphatic carbocycles. The van der Waals surface area contributed by atoms with Gasteiger partial charge in [0.25, 0.3) is 0 Å². The number of pyridine rings is 1. The molecule has 2 aromatic rings. The molecule has 0 unspecified atom stereocenters. The Labute approximate surface area is 101 Å². The first-order chi connectivity index (χ1) is 8.34. The molecule has 0 radical (unpaired) electrons. The van der Waals surface area contributed by atoms with Gasteiger partial charge in [-0.15, -0.1) is 0 Å². The maximum absolute atomic E-state index is 11.7. The van der Waals surface area contributed by atoms with Crippen LogP contribution in [0.25, 0.3) is 0 Å². The van der Waals surface area contributed by atoms with Crippen molar-refractivity contribution in [3.63, 3.8) is 0 Å². The van der Waals surface area contributed by atoms with Gasteiger partial charge >= 0.3 is 0 Å². The SMILES string of the molecule is O=C(CCc1ccccc1)Nc1cc[nH+]cc1. The fourth-order valence-corrected chi connectivity index (χ4v) is 1.60. The first kappa shape index (κ1) is 11.3. The molecule has 0 spiro atoms. The Morgan fingerprint density at radius 1 is 1.06 bits per heavy atom. The quantitative estimate of drug-likeness (QED) is 0.853. The van der Waals surface area contributed by atoms with E-state index in [2.05, 4.69) is 10.3 Å². The standard InChI is InChI=1S/C14H14N2O/c17-14(16-13-8-10-15-11-9-13)7-6-12-4-2-1-3-5-12/h1-5,8-11H,6-7H2,(H,15,16,17)/p+1. The van der Waals surface area contributed by atoms with Crippen LogP contribution in [0.5, 0.6) is 0 Å². The topological polar surface area (TPSA) is 43.2 Å². The molecule has 86 valence electrons. The van der Waals surface area contributed by atoms with Gasteiger partial charge in [-0.1, -0.05) is 30.3 Å². The van der Waals surface area contributed by atoms with Gasteiger partial charge in [-0.3, -0.25) is 4.79 Å². The molecule has 0 saturated carbocycles. The van der Waals surface area contributed by atoms with E-state index >= 15 is 0 Å². The van der Waals surface area contributed by atoms with Gasteiger partial charge in [0.15, 0.2) is 12.4 Å². The number of carbonyl (C=O) groups is 1. The van der Waals surface area contributed by atoms with E-state index in [4.69, 9.17) is 0 Å². The predicted molar refractivity (Wildman–Crippen MR) is 66.4 cm³/mol. The number of nitrogens with one attached hydrogen (secondary N) is 2. The van der Waals surface area contributed by atoms with Crippen molar-refractivity contribution in [1.29, 1.82) is 0 Å². The summed E-state index contributed by atoms with van der Waals surface area (Å²) in [5.74, 6) is 0.0417. The fraction of sp³-hybridized carbons (Fsp3) is 0.143. The van der Waals surface area contributed by atoms with Gasteiger partial charge in [0.1, 0.15) is 0 Å². The van der Waals surface area contributed by atoms with Crippen LogP contribution in [0.4, 0.5) is 5.69 Å². The number of aryl methyl sites for hydroxylation is 1. The third-order valence-electron chi connectivity index (χ3n) is 2.49. The van der Waals surface area contributed by atoms with Crippen molar-refractivity contribution in [1.82, 2.24) is 0 Å². The van der Waals surface area contributed by atoms with E-state index < -0.39 is 0 Å². The molecule has 2 N–H and O–H groups in total. The Morgan fingerprint density at radius 2 is 1.76 bits per heavy atom. The highest BCUT2D eigenvalue weighted by Gasteiger charge is 2.03. The molecule has 0 bridgehead atoms. The van der Waals surface area contributed by atoms with Crippen molar-refractivity contribution in [2.75, 3.05) is 5.32 Å². The lowest BCUT2D eigenvalue weighted by molar-refractivity contribution is -0.377. The maximum atomic E-state index is 11.7.